The number of piperidine rings is 1. The standard InChI is InChI=1S/C13H27NS/c1-12(5-11-15)4-8-14-9-6-13(2,3)7-10-14/h12,15H,4-11H2,1-3H3. The third kappa shape index (κ3) is 5.26. The lowest BCUT2D eigenvalue weighted by Gasteiger charge is -2.37. The first-order valence-electron chi connectivity index (χ1n) is 6.37. The molecule has 1 unspecified atom stereocenters. The quantitative estimate of drug-likeness (QED) is 0.707. The Hall–Kier alpha value is 0.310. The van der Waals surface area contributed by atoms with Crippen molar-refractivity contribution >= 4 is 12.6 Å². The fourth-order valence-corrected chi connectivity index (χ4v) is 2.59. The zero-order valence-corrected chi connectivity index (χ0v) is 11.5. The van der Waals surface area contributed by atoms with Crippen LogP contribution in [0.25, 0.3) is 0 Å². The molecule has 90 valence electrons. The van der Waals surface area contributed by atoms with Gasteiger partial charge >= 0.3 is 0 Å². The summed E-state index contributed by atoms with van der Waals surface area (Å²) in [5.41, 5.74) is 0.590. The van der Waals surface area contributed by atoms with Gasteiger partial charge in [-0.2, -0.15) is 12.6 Å². The average molecular weight is 229 g/mol. The zero-order valence-electron chi connectivity index (χ0n) is 10.6. The summed E-state index contributed by atoms with van der Waals surface area (Å²) in [7, 11) is 0. The van der Waals surface area contributed by atoms with Gasteiger partial charge in [0.05, 0.1) is 0 Å². The zero-order chi connectivity index (χ0) is 11.3. The summed E-state index contributed by atoms with van der Waals surface area (Å²) in [5, 5.41) is 0. The van der Waals surface area contributed by atoms with Gasteiger partial charge in [-0.3, -0.25) is 0 Å². The summed E-state index contributed by atoms with van der Waals surface area (Å²) in [6.07, 6.45) is 5.35. The Kier molecular flexibility index (Phi) is 5.48. The van der Waals surface area contributed by atoms with Gasteiger partial charge in [0, 0.05) is 0 Å². The average Bonchev–Trinajstić information content (AvgIpc) is 2.17. The van der Waals surface area contributed by atoms with Crippen LogP contribution in [0.4, 0.5) is 0 Å². The van der Waals surface area contributed by atoms with Crippen LogP contribution >= 0.6 is 12.6 Å². The minimum atomic E-state index is 0.590. The lowest BCUT2D eigenvalue weighted by molar-refractivity contribution is 0.127. The molecule has 1 atom stereocenters. The maximum atomic E-state index is 4.29. The van der Waals surface area contributed by atoms with E-state index in [4.69, 9.17) is 0 Å². The van der Waals surface area contributed by atoms with Crippen molar-refractivity contribution < 1.29 is 0 Å². The number of thiol groups is 1. The smallest absolute Gasteiger partial charge is 0.00136 e. The minimum Gasteiger partial charge on any atom is -0.303 e. The monoisotopic (exact) mass is 229 g/mol. The summed E-state index contributed by atoms with van der Waals surface area (Å²) >= 11 is 4.29. The van der Waals surface area contributed by atoms with Crippen LogP contribution in [0.3, 0.4) is 0 Å². The van der Waals surface area contributed by atoms with Gasteiger partial charge in [0.25, 0.3) is 0 Å². The first-order chi connectivity index (χ1) is 7.03. The molecule has 0 aromatic rings. The lowest BCUT2D eigenvalue weighted by atomic mass is 9.82. The van der Waals surface area contributed by atoms with Crippen molar-refractivity contribution in [3.05, 3.63) is 0 Å². The maximum Gasteiger partial charge on any atom is -0.00136 e. The summed E-state index contributed by atoms with van der Waals surface area (Å²) in [5.74, 6) is 1.88. The maximum absolute atomic E-state index is 4.29. The number of hydrogen-bond acceptors (Lipinski definition) is 2. The van der Waals surface area contributed by atoms with E-state index in [1.807, 2.05) is 0 Å². The number of rotatable bonds is 5. The highest BCUT2D eigenvalue weighted by molar-refractivity contribution is 7.80. The van der Waals surface area contributed by atoms with Gasteiger partial charge in [-0.05, 0) is 62.4 Å². The Morgan fingerprint density at radius 3 is 2.33 bits per heavy atom. The second-order valence-electron chi connectivity index (χ2n) is 5.91. The molecule has 1 heterocycles. The largest absolute Gasteiger partial charge is 0.303 e. The van der Waals surface area contributed by atoms with E-state index in [1.54, 1.807) is 0 Å². The van der Waals surface area contributed by atoms with E-state index < -0.39 is 0 Å². The minimum absolute atomic E-state index is 0.590. The molecule has 0 radical (unpaired) electrons. The van der Waals surface area contributed by atoms with E-state index >= 15 is 0 Å². The molecule has 0 aliphatic carbocycles. The third-order valence-corrected chi connectivity index (χ3v) is 4.03. The molecular formula is C13H27NS. The van der Waals surface area contributed by atoms with Gasteiger partial charge in [-0.25, -0.2) is 0 Å². The van der Waals surface area contributed by atoms with Crippen molar-refractivity contribution in [3.8, 4) is 0 Å². The van der Waals surface area contributed by atoms with Gasteiger partial charge in [0.2, 0.25) is 0 Å². The first-order valence-corrected chi connectivity index (χ1v) is 7.00. The topological polar surface area (TPSA) is 3.24 Å². The molecule has 2 heteroatoms. The molecule has 0 aromatic carbocycles. The number of likely N-dealkylation sites (tertiary alicyclic amines) is 1. The van der Waals surface area contributed by atoms with Crippen LogP contribution in [0.1, 0.15) is 46.5 Å². The highest BCUT2D eigenvalue weighted by Crippen LogP contribution is 2.29. The van der Waals surface area contributed by atoms with Crippen molar-refractivity contribution in [2.45, 2.75) is 46.5 Å². The van der Waals surface area contributed by atoms with Gasteiger partial charge in [-0.15, -0.1) is 0 Å². The van der Waals surface area contributed by atoms with E-state index in [-0.39, 0.29) is 0 Å². The van der Waals surface area contributed by atoms with Gasteiger partial charge < -0.3 is 4.90 Å². The van der Waals surface area contributed by atoms with Crippen molar-refractivity contribution in [3.63, 3.8) is 0 Å². The van der Waals surface area contributed by atoms with E-state index in [0.29, 0.717) is 5.41 Å². The molecular weight excluding hydrogens is 202 g/mol. The summed E-state index contributed by atoms with van der Waals surface area (Å²) in [6.45, 7) is 11.1. The normalized spacial score (nSPS) is 24.0. The Morgan fingerprint density at radius 2 is 1.80 bits per heavy atom. The fraction of sp³-hybridized carbons (Fsp3) is 1.00. The Morgan fingerprint density at radius 1 is 1.20 bits per heavy atom. The molecule has 0 amide bonds. The molecule has 1 fully saturated rings. The van der Waals surface area contributed by atoms with Crippen molar-refractivity contribution in [1.82, 2.24) is 4.90 Å². The molecule has 1 aliphatic heterocycles. The molecule has 0 aromatic heterocycles. The molecule has 1 aliphatic rings. The molecule has 0 bridgehead atoms. The van der Waals surface area contributed by atoms with Gasteiger partial charge in [-0.1, -0.05) is 20.8 Å². The van der Waals surface area contributed by atoms with Crippen LogP contribution in [0.15, 0.2) is 0 Å². The van der Waals surface area contributed by atoms with Crippen LogP contribution in [0.2, 0.25) is 0 Å². The van der Waals surface area contributed by atoms with Crippen LogP contribution in [0, 0.1) is 11.3 Å². The SMILES string of the molecule is CC(CCS)CCN1CCC(C)(C)CC1. The summed E-state index contributed by atoms with van der Waals surface area (Å²) in [6, 6.07) is 0. The summed E-state index contributed by atoms with van der Waals surface area (Å²) in [4.78, 5) is 2.64. The second kappa shape index (κ2) is 6.15. The van der Waals surface area contributed by atoms with Crippen molar-refractivity contribution in [1.29, 1.82) is 0 Å². The van der Waals surface area contributed by atoms with Gasteiger partial charge in [0.1, 0.15) is 0 Å². The highest BCUT2D eigenvalue weighted by Gasteiger charge is 2.24. The van der Waals surface area contributed by atoms with Crippen LogP contribution in [-0.2, 0) is 0 Å². The number of nitrogens with zero attached hydrogens (tertiary/aromatic N) is 1. The lowest BCUT2D eigenvalue weighted by Crippen LogP contribution is -2.38. The molecule has 0 N–H and O–H groups in total. The first kappa shape index (κ1) is 13.4. The Balaban J connectivity index is 2.13. The number of hydrogen-bond donors (Lipinski definition) is 1. The predicted octanol–water partition coefficient (Wildman–Crippen LogP) is 3.45. The fourth-order valence-electron chi connectivity index (χ4n) is 2.15. The van der Waals surface area contributed by atoms with E-state index in [9.17, 15) is 0 Å². The molecule has 1 saturated heterocycles. The predicted molar refractivity (Wildman–Crippen MR) is 71.7 cm³/mol. The molecule has 15 heavy (non-hydrogen) atoms. The van der Waals surface area contributed by atoms with Gasteiger partial charge in [0.15, 0.2) is 0 Å². The Labute approximate surface area is 101 Å². The highest BCUT2D eigenvalue weighted by atomic mass is 32.1. The second-order valence-corrected chi connectivity index (χ2v) is 6.36. The summed E-state index contributed by atoms with van der Waals surface area (Å²) < 4.78 is 0. The molecule has 1 rings (SSSR count). The van der Waals surface area contributed by atoms with Crippen LogP contribution in [0.5, 0.6) is 0 Å². The molecule has 0 spiro atoms. The van der Waals surface area contributed by atoms with E-state index in [0.717, 1.165) is 11.7 Å². The van der Waals surface area contributed by atoms with E-state index in [2.05, 4.69) is 38.3 Å². The van der Waals surface area contributed by atoms with Crippen LogP contribution in [-0.4, -0.2) is 30.3 Å². The van der Waals surface area contributed by atoms with E-state index in [1.165, 1.54) is 45.3 Å². The third-order valence-electron chi connectivity index (χ3n) is 3.77. The Bertz CT molecular complexity index is 169. The van der Waals surface area contributed by atoms with Crippen molar-refractivity contribution in [2.24, 2.45) is 11.3 Å². The molecule has 1 nitrogen and oxygen atoms in total. The van der Waals surface area contributed by atoms with Crippen molar-refractivity contribution in [2.75, 3.05) is 25.4 Å². The molecule has 0 saturated carbocycles. The van der Waals surface area contributed by atoms with Crippen LogP contribution < -0.4 is 0 Å².